The van der Waals surface area contributed by atoms with Crippen LogP contribution in [0.1, 0.15) is 16.1 Å². The van der Waals surface area contributed by atoms with Gasteiger partial charge in [-0.3, -0.25) is 9.78 Å². The van der Waals surface area contributed by atoms with E-state index in [1.165, 1.54) is 24.4 Å². The summed E-state index contributed by atoms with van der Waals surface area (Å²) in [4.78, 5) is 16.3. The molecule has 3 rings (SSSR count). The number of aromatic nitrogens is 1. The number of hydrogen-bond acceptors (Lipinski definition) is 3. The number of nitrogens with zero attached hydrogens (tertiary/aromatic N) is 1. The first kappa shape index (κ1) is 16.6. The van der Waals surface area contributed by atoms with Crippen molar-refractivity contribution < 1.29 is 13.6 Å². The van der Waals surface area contributed by atoms with Gasteiger partial charge >= 0.3 is 0 Å². The lowest BCUT2D eigenvalue weighted by atomic mass is 10.2. The summed E-state index contributed by atoms with van der Waals surface area (Å²) in [6, 6.07) is 13.8. The van der Waals surface area contributed by atoms with Gasteiger partial charge in [0.1, 0.15) is 23.0 Å². The monoisotopic (exact) mass is 339 g/mol. The number of para-hydroxylation sites is 1. The second kappa shape index (κ2) is 7.09. The van der Waals surface area contributed by atoms with Crippen molar-refractivity contribution >= 4 is 23.0 Å². The lowest BCUT2D eigenvalue weighted by Gasteiger charge is -2.10. The van der Waals surface area contributed by atoms with E-state index in [2.05, 4.69) is 15.6 Å². The van der Waals surface area contributed by atoms with Crippen LogP contribution in [0.5, 0.6) is 0 Å². The molecule has 4 nitrogen and oxygen atoms in total. The number of nitrogens with one attached hydrogen (secondary N) is 2. The molecule has 0 unspecified atom stereocenters. The summed E-state index contributed by atoms with van der Waals surface area (Å²) in [5.74, 6) is -1.86. The number of benzene rings is 2. The third-order valence-corrected chi connectivity index (χ3v) is 3.53. The molecule has 0 saturated carbocycles. The number of aryl methyl sites for hydroxylation is 1. The third-order valence-electron chi connectivity index (χ3n) is 3.53. The molecule has 6 heteroatoms. The Balaban J connectivity index is 1.79. The molecule has 0 atom stereocenters. The van der Waals surface area contributed by atoms with Crippen LogP contribution >= 0.6 is 0 Å². The van der Waals surface area contributed by atoms with Gasteiger partial charge < -0.3 is 10.6 Å². The van der Waals surface area contributed by atoms with Crippen molar-refractivity contribution in [3.05, 3.63) is 83.7 Å². The van der Waals surface area contributed by atoms with Crippen LogP contribution in [-0.2, 0) is 0 Å². The van der Waals surface area contributed by atoms with Crippen molar-refractivity contribution in [2.45, 2.75) is 6.92 Å². The average Bonchev–Trinajstić information content (AvgIpc) is 2.60. The Morgan fingerprint density at radius 1 is 0.960 bits per heavy atom. The summed E-state index contributed by atoms with van der Waals surface area (Å²) in [6.45, 7) is 1.95. The zero-order chi connectivity index (χ0) is 17.8. The number of carbonyl (C=O) groups is 1. The summed E-state index contributed by atoms with van der Waals surface area (Å²) < 4.78 is 27.4. The van der Waals surface area contributed by atoms with E-state index < -0.39 is 17.5 Å². The van der Waals surface area contributed by atoms with Crippen LogP contribution in [0.4, 0.5) is 25.8 Å². The highest BCUT2D eigenvalue weighted by Crippen LogP contribution is 2.23. The van der Waals surface area contributed by atoms with Crippen LogP contribution < -0.4 is 10.6 Å². The van der Waals surface area contributed by atoms with E-state index in [4.69, 9.17) is 0 Å². The minimum absolute atomic E-state index is 0.127. The first-order chi connectivity index (χ1) is 12.0. The molecule has 0 fully saturated rings. The maximum atomic E-state index is 13.7. The van der Waals surface area contributed by atoms with Crippen LogP contribution in [-0.4, -0.2) is 10.9 Å². The fourth-order valence-electron chi connectivity index (χ4n) is 2.23. The van der Waals surface area contributed by atoms with Crippen LogP contribution in [0.2, 0.25) is 0 Å². The van der Waals surface area contributed by atoms with Crippen molar-refractivity contribution in [1.82, 2.24) is 4.98 Å². The van der Waals surface area contributed by atoms with Gasteiger partial charge in [0.2, 0.25) is 0 Å². The lowest BCUT2D eigenvalue weighted by molar-refractivity contribution is 0.102. The highest BCUT2D eigenvalue weighted by Gasteiger charge is 2.12. The Kier molecular flexibility index (Phi) is 4.70. The molecular formula is C19H15F2N3O. The van der Waals surface area contributed by atoms with E-state index in [9.17, 15) is 13.6 Å². The Morgan fingerprint density at radius 3 is 2.32 bits per heavy atom. The van der Waals surface area contributed by atoms with Gasteiger partial charge in [-0.1, -0.05) is 23.8 Å². The molecule has 1 heterocycles. The van der Waals surface area contributed by atoms with E-state index in [-0.39, 0.29) is 11.4 Å². The number of carbonyl (C=O) groups excluding carboxylic acids is 1. The zero-order valence-electron chi connectivity index (χ0n) is 13.4. The third kappa shape index (κ3) is 3.98. The molecule has 2 aromatic carbocycles. The number of amides is 1. The van der Waals surface area contributed by atoms with Crippen molar-refractivity contribution in [2.75, 3.05) is 10.6 Å². The molecule has 0 radical (unpaired) electrons. The van der Waals surface area contributed by atoms with Crippen molar-refractivity contribution in [2.24, 2.45) is 0 Å². The highest BCUT2D eigenvalue weighted by atomic mass is 19.1. The van der Waals surface area contributed by atoms with Crippen molar-refractivity contribution in [3.63, 3.8) is 0 Å². The normalized spacial score (nSPS) is 10.4. The molecule has 0 aliphatic rings. The minimum Gasteiger partial charge on any atom is -0.351 e. The molecule has 126 valence electrons. The number of rotatable bonds is 4. The van der Waals surface area contributed by atoms with Crippen LogP contribution in [0, 0.1) is 18.6 Å². The standard InChI is InChI=1S/C19H15F2N3O/c1-12-5-7-13(8-6-12)24-19(25)17-11-14(9-10-22-17)23-18-15(20)3-2-4-16(18)21/h2-11H,1H3,(H,22,23)(H,24,25). The SMILES string of the molecule is Cc1ccc(NC(=O)c2cc(Nc3c(F)cccc3F)ccn2)cc1. The average molecular weight is 339 g/mol. The fraction of sp³-hybridized carbons (Fsp3) is 0.0526. The number of hydrogen-bond donors (Lipinski definition) is 2. The summed E-state index contributed by atoms with van der Waals surface area (Å²) in [5.41, 5.74) is 1.92. The molecule has 0 bridgehead atoms. The van der Waals surface area contributed by atoms with Crippen molar-refractivity contribution in [3.8, 4) is 0 Å². The van der Waals surface area contributed by atoms with Gasteiger partial charge in [-0.15, -0.1) is 0 Å². The number of anilines is 3. The molecule has 3 aromatic rings. The van der Waals surface area contributed by atoms with Crippen LogP contribution in [0.25, 0.3) is 0 Å². The van der Waals surface area contributed by atoms with E-state index in [0.717, 1.165) is 17.7 Å². The largest absolute Gasteiger partial charge is 0.351 e. The first-order valence-corrected chi connectivity index (χ1v) is 7.58. The quantitative estimate of drug-likeness (QED) is 0.727. The molecule has 1 amide bonds. The molecule has 0 aliphatic carbocycles. The van der Waals surface area contributed by atoms with E-state index in [1.807, 2.05) is 19.1 Å². The Hall–Kier alpha value is -3.28. The van der Waals surface area contributed by atoms with Gasteiger partial charge in [0.15, 0.2) is 0 Å². The zero-order valence-corrected chi connectivity index (χ0v) is 13.4. The van der Waals surface area contributed by atoms with E-state index in [0.29, 0.717) is 11.4 Å². The Morgan fingerprint density at radius 2 is 1.64 bits per heavy atom. The minimum atomic E-state index is -0.720. The lowest BCUT2D eigenvalue weighted by Crippen LogP contribution is -2.13. The second-order valence-corrected chi connectivity index (χ2v) is 5.47. The first-order valence-electron chi connectivity index (χ1n) is 7.58. The molecule has 25 heavy (non-hydrogen) atoms. The van der Waals surface area contributed by atoms with Gasteiger partial charge in [0.05, 0.1) is 0 Å². The Labute approximate surface area is 143 Å². The molecular weight excluding hydrogens is 324 g/mol. The predicted molar refractivity (Wildman–Crippen MR) is 93.0 cm³/mol. The summed E-state index contributed by atoms with van der Waals surface area (Å²) in [6.07, 6.45) is 1.39. The Bertz CT molecular complexity index is 891. The molecule has 2 N–H and O–H groups in total. The molecule has 0 saturated heterocycles. The van der Waals surface area contributed by atoms with Crippen LogP contribution in [0.3, 0.4) is 0 Å². The molecule has 1 aromatic heterocycles. The van der Waals surface area contributed by atoms with Gasteiger partial charge in [-0.05, 0) is 43.3 Å². The fourth-order valence-corrected chi connectivity index (χ4v) is 2.23. The van der Waals surface area contributed by atoms with Gasteiger partial charge in [0.25, 0.3) is 5.91 Å². The number of halogens is 2. The summed E-state index contributed by atoms with van der Waals surface area (Å²) in [7, 11) is 0. The van der Waals surface area contributed by atoms with E-state index >= 15 is 0 Å². The predicted octanol–water partition coefficient (Wildman–Crippen LogP) is 4.66. The van der Waals surface area contributed by atoms with Crippen molar-refractivity contribution in [1.29, 1.82) is 0 Å². The maximum Gasteiger partial charge on any atom is 0.274 e. The summed E-state index contributed by atoms with van der Waals surface area (Å²) in [5, 5.41) is 5.36. The smallest absolute Gasteiger partial charge is 0.274 e. The second-order valence-electron chi connectivity index (χ2n) is 5.47. The molecule has 0 aliphatic heterocycles. The summed E-state index contributed by atoms with van der Waals surface area (Å²) >= 11 is 0. The van der Waals surface area contributed by atoms with Gasteiger partial charge in [-0.25, -0.2) is 8.78 Å². The van der Waals surface area contributed by atoms with Gasteiger partial charge in [0, 0.05) is 17.6 Å². The highest BCUT2D eigenvalue weighted by molar-refractivity contribution is 6.03. The topological polar surface area (TPSA) is 54.0 Å². The van der Waals surface area contributed by atoms with Gasteiger partial charge in [-0.2, -0.15) is 0 Å². The maximum absolute atomic E-state index is 13.7. The number of pyridine rings is 1. The molecule has 0 spiro atoms. The van der Waals surface area contributed by atoms with Crippen LogP contribution in [0.15, 0.2) is 60.8 Å². The van der Waals surface area contributed by atoms with E-state index in [1.54, 1.807) is 12.1 Å².